The maximum absolute atomic E-state index is 6.33. The molecule has 31 heavy (non-hydrogen) atoms. The van der Waals surface area contributed by atoms with Crippen molar-refractivity contribution in [3.8, 4) is 17.1 Å². The monoisotopic (exact) mass is 416 g/mol. The van der Waals surface area contributed by atoms with E-state index in [0.717, 1.165) is 35.7 Å². The lowest BCUT2D eigenvalue weighted by Crippen LogP contribution is -2.31. The minimum absolute atomic E-state index is 0.0242. The molecule has 4 aromatic rings. The van der Waals surface area contributed by atoms with Crippen molar-refractivity contribution in [1.29, 1.82) is 0 Å². The van der Waals surface area contributed by atoms with Crippen molar-refractivity contribution < 1.29 is 4.74 Å². The van der Waals surface area contributed by atoms with E-state index in [1.165, 1.54) is 11.1 Å². The molecule has 4 rings (SSSR count). The Labute approximate surface area is 182 Å². The van der Waals surface area contributed by atoms with Gasteiger partial charge in [-0.3, -0.25) is 14.3 Å². The second kappa shape index (κ2) is 8.73. The number of nitrogens with zero attached hydrogens (tertiary/aromatic N) is 6. The number of likely N-dealkylation sites (N-methyl/N-ethyl adjacent to an activating group) is 1. The molecule has 0 saturated carbocycles. The highest BCUT2D eigenvalue weighted by atomic mass is 16.5. The predicted octanol–water partition coefficient (Wildman–Crippen LogP) is 3.98. The number of rotatable bonds is 8. The Bertz CT molecular complexity index is 1210. The van der Waals surface area contributed by atoms with Crippen molar-refractivity contribution in [3.05, 3.63) is 72.6 Å². The zero-order chi connectivity index (χ0) is 22.0. The summed E-state index contributed by atoms with van der Waals surface area (Å²) in [7, 11) is 4.00. The van der Waals surface area contributed by atoms with Gasteiger partial charge in [0.05, 0.1) is 35.4 Å². The van der Waals surface area contributed by atoms with E-state index in [0.29, 0.717) is 5.88 Å². The average molecular weight is 417 g/mol. The molecule has 0 spiro atoms. The summed E-state index contributed by atoms with van der Waals surface area (Å²) in [6.45, 7) is 9.71. The van der Waals surface area contributed by atoms with Crippen LogP contribution in [0.5, 0.6) is 5.88 Å². The number of benzene rings is 1. The van der Waals surface area contributed by atoms with Crippen LogP contribution in [0.2, 0.25) is 0 Å². The molecular weight excluding hydrogens is 388 g/mol. The third kappa shape index (κ3) is 4.36. The third-order valence-electron chi connectivity index (χ3n) is 5.37. The molecule has 160 valence electrons. The van der Waals surface area contributed by atoms with Crippen LogP contribution in [0.3, 0.4) is 0 Å². The van der Waals surface area contributed by atoms with Gasteiger partial charge in [0, 0.05) is 26.3 Å². The Morgan fingerprint density at radius 2 is 1.97 bits per heavy atom. The topological polar surface area (TPSA) is 60.5 Å². The van der Waals surface area contributed by atoms with Gasteiger partial charge in [-0.25, -0.2) is 9.67 Å². The van der Waals surface area contributed by atoms with Gasteiger partial charge in [-0.1, -0.05) is 30.8 Å². The standard InChI is InChI=1S/C24H28N6O/c1-6-23-26-12-20-11-25-22(16-30(20)23)21-13-27-29(5)24(21)31-18(3)14-28(4)15-19-10-8-7-9-17(19)2/h6-13,16,18H,1,14-15H2,2-5H3. The smallest absolute Gasteiger partial charge is 0.221 e. The maximum atomic E-state index is 6.33. The van der Waals surface area contributed by atoms with E-state index in [2.05, 4.69) is 71.7 Å². The summed E-state index contributed by atoms with van der Waals surface area (Å²) in [5, 5.41) is 4.41. The highest BCUT2D eigenvalue weighted by Gasteiger charge is 2.18. The van der Waals surface area contributed by atoms with Crippen molar-refractivity contribution in [3.63, 3.8) is 0 Å². The van der Waals surface area contributed by atoms with E-state index >= 15 is 0 Å². The number of fused-ring (bicyclic) bond motifs is 1. The van der Waals surface area contributed by atoms with E-state index in [1.54, 1.807) is 29.3 Å². The van der Waals surface area contributed by atoms with Crippen molar-refractivity contribution in [2.45, 2.75) is 26.5 Å². The Morgan fingerprint density at radius 3 is 2.74 bits per heavy atom. The van der Waals surface area contributed by atoms with Gasteiger partial charge in [-0.05, 0) is 38.1 Å². The summed E-state index contributed by atoms with van der Waals surface area (Å²) in [4.78, 5) is 11.2. The number of aryl methyl sites for hydroxylation is 2. The Balaban J connectivity index is 1.51. The molecule has 1 aromatic carbocycles. The SMILES string of the molecule is C=Cc1ncc2cnc(-c3cnn(C)c3OC(C)CN(C)Cc3ccccc3C)cn12. The van der Waals surface area contributed by atoms with Gasteiger partial charge in [-0.15, -0.1) is 0 Å². The van der Waals surface area contributed by atoms with Gasteiger partial charge in [0.25, 0.3) is 0 Å². The van der Waals surface area contributed by atoms with Gasteiger partial charge >= 0.3 is 0 Å². The molecule has 0 amide bonds. The van der Waals surface area contributed by atoms with Crippen LogP contribution in [0, 0.1) is 6.92 Å². The van der Waals surface area contributed by atoms with Gasteiger partial charge in [-0.2, -0.15) is 5.10 Å². The number of hydrogen-bond donors (Lipinski definition) is 0. The number of aromatic nitrogens is 5. The zero-order valence-corrected chi connectivity index (χ0v) is 18.5. The molecule has 0 bridgehead atoms. The second-order valence-corrected chi connectivity index (χ2v) is 7.93. The minimum atomic E-state index is -0.0242. The second-order valence-electron chi connectivity index (χ2n) is 7.93. The first kappa shape index (κ1) is 20.8. The lowest BCUT2D eigenvalue weighted by atomic mass is 10.1. The fourth-order valence-corrected chi connectivity index (χ4v) is 3.76. The summed E-state index contributed by atoms with van der Waals surface area (Å²) in [6.07, 6.45) is 9.01. The largest absolute Gasteiger partial charge is 0.473 e. The van der Waals surface area contributed by atoms with E-state index < -0.39 is 0 Å². The molecule has 3 aromatic heterocycles. The van der Waals surface area contributed by atoms with Crippen LogP contribution in [0.15, 0.2) is 55.6 Å². The van der Waals surface area contributed by atoms with Crippen LogP contribution in [-0.2, 0) is 13.6 Å². The van der Waals surface area contributed by atoms with Crippen molar-refractivity contribution >= 4 is 11.6 Å². The Morgan fingerprint density at radius 1 is 1.19 bits per heavy atom. The molecule has 7 nitrogen and oxygen atoms in total. The third-order valence-corrected chi connectivity index (χ3v) is 5.37. The first-order valence-corrected chi connectivity index (χ1v) is 10.3. The quantitative estimate of drug-likeness (QED) is 0.435. The Kier molecular flexibility index (Phi) is 5.86. The van der Waals surface area contributed by atoms with Crippen LogP contribution in [0.25, 0.3) is 22.9 Å². The molecule has 0 aliphatic heterocycles. The molecule has 0 fully saturated rings. The van der Waals surface area contributed by atoms with Gasteiger partial charge in [0.2, 0.25) is 5.88 Å². The first-order valence-electron chi connectivity index (χ1n) is 10.3. The fraction of sp³-hybridized carbons (Fsp3) is 0.292. The summed E-state index contributed by atoms with van der Waals surface area (Å²) in [6, 6.07) is 8.47. The van der Waals surface area contributed by atoms with Crippen LogP contribution < -0.4 is 4.74 Å². The van der Waals surface area contributed by atoms with Crippen LogP contribution in [0.4, 0.5) is 0 Å². The maximum Gasteiger partial charge on any atom is 0.221 e. The zero-order valence-electron chi connectivity index (χ0n) is 18.5. The van der Waals surface area contributed by atoms with Gasteiger partial charge in [0.15, 0.2) is 0 Å². The van der Waals surface area contributed by atoms with Gasteiger partial charge in [0.1, 0.15) is 11.9 Å². The minimum Gasteiger partial charge on any atom is -0.473 e. The van der Waals surface area contributed by atoms with Crippen LogP contribution in [0.1, 0.15) is 23.9 Å². The molecule has 7 heteroatoms. The van der Waals surface area contributed by atoms with E-state index in [-0.39, 0.29) is 6.10 Å². The molecular formula is C24H28N6O. The molecule has 0 aliphatic rings. The fourth-order valence-electron chi connectivity index (χ4n) is 3.76. The van der Waals surface area contributed by atoms with Gasteiger partial charge < -0.3 is 4.74 Å². The lowest BCUT2D eigenvalue weighted by Gasteiger charge is -2.23. The number of ether oxygens (including phenoxy) is 1. The predicted molar refractivity (Wildman–Crippen MR) is 123 cm³/mol. The molecule has 0 N–H and O–H groups in total. The molecule has 3 heterocycles. The average Bonchev–Trinajstić information content (AvgIpc) is 3.32. The Hall–Kier alpha value is -3.45. The van der Waals surface area contributed by atoms with E-state index in [9.17, 15) is 0 Å². The van der Waals surface area contributed by atoms with Crippen LogP contribution in [-0.4, -0.2) is 48.7 Å². The summed E-state index contributed by atoms with van der Waals surface area (Å²) in [5.74, 6) is 1.47. The number of hydrogen-bond acceptors (Lipinski definition) is 5. The molecule has 0 aliphatic carbocycles. The van der Waals surface area contributed by atoms with Crippen molar-refractivity contribution in [2.75, 3.05) is 13.6 Å². The highest BCUT2D eigenvalue weighted by Crippen LogP contribution is 2.29. The lowest BCUT2D eigenvalue weighted by molar-refractivity contribution is 0.148. The summed E-state index contributed by atoms with van der Waals surface area (Å²) in [5.41, 5.74) is 5.17. The van der Waals surface area contributed by atoms with Crippen LogP contribution >= 0.6 is 0 Å². The molecule has 1 unspecified atom stereocenters. The number of imidazole rings is 1. The summed E-state index contributed by atoms with van der Waals surface area (Å²) < 4.78 is 10.0. The van der Waals surface area contributed by atoms with Crippen molar-refractivity contribution in [2.24, 2.45) is 7.05 Å². The van der Waals surface area contributed by atoms with E-state index in [4.69, 9.17) is 4.74 Å². The molecule has 0 radical (unpaired) electrons. The molecule has 1 atom stereocenters. The van der Waals surface area contributed by atoms with E-state index in [1.807, 2.05) is 17.6 Å². The van der Waals surface area contributed by atoms with Crippen molar-refractivity contribution in [1.82, 2.24) is 29.0 Å². The molecule has 0 saturated heterocycles. The first-order chi connectivity index (χ1) is 15.0. The summed E-state index contributed by atoms with van der Waals surface area (Å²) >= 11 is 0. The highest BCUT2D eigenvalue weighted by molar-refractivity contribution is 5.66. The normalized spacial score (nSPS) is 12.4.